The first-order chi connectivity index (χ1) is 9.19. The third kappa shape index (κ3) is 3.23. The summed E-state index contributed by atoms with van der Waals surface area (Å²) in [7, 11) is 0. The van der Waals surface area contributed by atoms with Crippen LogP contribution in [0.1, 0.15) is 11.3 Å². The lowest BCUT2D eigenvalue weighted by molar-refractivity contribution is -0.384. The fourth-order valence-corrected chi connectivity index (χ4v) is 1.42. The molecule has 7 heteroatoms. The van der Waals surface area contributed by atoms with Gasteiger partial charge in [0, 0.05) is 24.9 Å². The van der Waals surface area contributed by atoms with Gasteiger partial charge >= 0.3 is 0 Å². The first-order valence-corrected chi connectivity index (χ1v) is 5.39. The van der Waals surface area contributed by atoms with E-state index in [2.05, 4.69) is 15.3 Å². The lowest BCUT2D eigenvalue weighted by Gasteiger charge is -2.04. The van der Waals surface area contributed by atoms with Gasteiger partial charge in [0.25, 0.3) is 5.69 Å². The van der Waals surface area contributed by atoms with Gasteiger partial charge in [-0.3, -0.25) is 10.1 Å². The molecule has 94 valence electrons. The van der Waals surface area contributed by atoms with Gasteiger partial charge in [0.1, 0.15) is 11.8 Å². The maximum atomic E-state index is 10.5. The highest BCUT2D eigenvalue weighted by Gasteiger charge is 2.04. The lowest BCUT2D eigenvalue weighted by Crippen LogP contribution is -2.04. The Kier molecular flexibility index (Phi) is 3.64. The molecule has 0 radical (unpaired) electrons. The SMILES string of the molecule is N#Cc1ccnc(NCc2ccc([N+](=O)[O-])cc2)n1. The summed E-state index contributed by atoms with van der Waals surface area (Å²) in [6.45, 7) is 0.423. The molecule has 1 heterocycles. The van der Waals surface area contributed by atoms with Gasteiger partial charge in [-0.25, -0.2) is 9.97 Å². The Morgan fingerprint density at radius 2 is 2.05 bits per heavy atom. The molecule has 0 aliphatic rings. The summed E-state index contributed by atoms with van der Waals surface area (Å²) in [6, 6.07) is 9.60. The van der Waals surface area contributed by atoms with Crippen molar-refractivity contribution in [2.75, 3.05) is 5.32 Å². The Labute approximate surface area is 108 Å². The number of nitrogens with one attached hydrogen (secondary N) is 1. The maximum Gasteiger partial charge on any atom is 0.269 e. The van der Waals surface area contributed by atoms with Gasteiger partial charge in [-0.2, -0.15) is 5.26 Å². The Morgan fingerprint density at radius 1 is 1.32 bits per heavy atom. The van der Waals surface area contributed by atoms with E-state index in [-0.39, 0.29) is 11.4 Å². The summed E-state index contributed by atoms with van der Waals surface area (Å²) in [5.74, 6) is 0.345. The van der Waals surface area contributed by atoms with Crippen LogP contribution in [0.2, 0.25) is 0 Å². The Morgan fingerprint density at radius 3 is 2.68 bits per heavy atom. The Hall–Kier alpha value is -3.01. The van der Waals surface area contributed by atoms with Crippen molar-refractivity contribution >= 4 is 11.6 Å². The summed E-state index contributed by atoms with van der Waals surface area (Å²) >= 11 is 0. The molecule has 0 bridgehead atoms. The van der Waals surface area contributed by atoms with Crippen LogP contribution in [0.15, 0.2) is 36.5 Å². The van der Waals surface area contributed by atoms with Crippen LogP contribution in [0, 0.1) is 21.4 Å². The van der Waals surface area contributed by atoms with E-state index in [1.807, 2.05) is 6.07 Å². The third-order valence-electron chi connectivity index (χ3n) is 2.37. The number of non-ortho nitro benzene ring substituents is 1. The zero-order chi connectivity index (χ0) is 13.7. The van der Waals surface area contributed by atoms with Crippen molar-refractivity contribution in [1.82, 2.24) is 9.97 Å². The summed E-state index contributed by atoms with van der Waals surface area (Å²) < 4.78 is 0. The van der Waals surface area contributed by atoms with Gasteiger partial charge in [-0.1, -0.05) is 12.1 Å². The minimum Gasteiger partial charge on any atom is -0.350 e. The number of aromatic nitrogens is 2. The summed E-state index contributed by atoms with van der Waals surface area (Å²) in [5.41, 5.74) is 1.18. The summed E-state index contributed by atoms with van der Waals surface area (Å²) in [5, 5.41) is 22.1. The molecule has 0 atom stereocenters. The van der Waals surface area contributed by atoms with Crippen molar-refractivity contribution in [3.63, 3.8) is 0 Å². The van der Waals surface area contributed by atoms with E-state index < -0.39 is 4.92 Å². The second-order valence-electron chi connectivity index (χ2n) is 3.65. The van der Waals surface area contributed by atoms with E-state index in [0.717, 1.165) is 5.56 Å². The largest absolute Gasteiger partial charge is 0.350 e. The average Bonchev–Trinajstić information content (AvgIpc) is 2.46. The first-order valence-electron chi connectivity index (χ1n) is 5.39. The highest BCUT2D eigenvalue weighted by molar-refractivity contribution is 5.36. The average molecular weight is 255 g/mol. The van der Waals surface area contributed by atoms with E-state index in [9.17, 15) is 10.1 Å². The normalized spacial score (nSPS) is 9.63. The van der Waals surface area contributed by atoms with Crippen molar-refractivity contribution < 1.29 is 4.92 Å². The van der Waals surface area contributed by atoms with Gasteiger partial charge in [0.2, 0.25) is 5.95 Å². The molecule has 0 saturated heterocycles. The monoisotopic (exact) mass is 255 g/mol. The van der Waals surface area contributed by atoms with Crippen molar-refractivity contribution in [2.45, 2.75) is 6.54 Å². The first kappa shape index (κ1) is 12.4. The maximum absolute atomic E-state index is 10.5. The fraction of sp³-hybridized carbons (Fsp3) is 0.0833. The quantitative estimate of drug-likeness (QED) is 0.660. The third-order valence-corrected chi connectivity index (χ3v) is 2.37. The van der Waals surface area contributed by atoms with Gasteiger partial charge in [-0.05, 0) is 11.6 Å². The minimum atomic E-state index is -0.448. The number of benzene rings is 1. The molecular formula is C12H9N5O2. The van der Waals surface area contributed by atoms with Crippen LogP contribution in [0.25, 0.3) is 0 Å². The molecule has 0 aliphatic heterocycles. The van der Waals surface area contributed by atoms with Crippen LogP contribution >= 0.6 is 0 Å². The van der Waals surface area contributed by atoms with E-state index >= 15 is 0 Å². The topological polar surface area (TPSA) is 105 Å². The number of nitro groups is 1. The molecule has 19 heavy (non-hydrogen) atoms. The van der Waals surface area contributed by atoms with Crippen molar-refractivity contribution in [1.29, 1.82) is 5.26 Å². The second-order valence-corrected chi connectivity index (χ2v) is 3.65. The highest BCUT2D eigenvalue weighted by atomic mass is 16.6. The smallest absolute Gasteiger partial charge is 0.269 e. The number of nitriles is 1. The molecule has 0 fully saturated rings. The molecule has 2 aromatic rings. The van der Waals surface area contributed by atoms with Crippen molar-refractivity contribution in [2.24, 2.45) is 0 Å². The number of hydrogen-bond donors (Lipinski definition) is 1. The standard InChI is InChI=1S/C12H9N5O2/c13-7-10-5-6-14-12(16-10)15-8-9-1-3-11(4-2-9)17(18)19/h1-6H,8H2,(H,14,15,16). The molecule has 7 nitrogen and oxygen atoms in total. The van der Waals surface area contributed by atoms with Gasteiger partial charge in [0.15, 0.2) is 0 Å². The number of rotatable bonds is 4. The molecule has 1 aromatic carbocycles. The van der Waals surface area contributed by atoms with Crippen LogP contribution in [-0.2, 0) is 6.54 Å². The molecule has 1 aromatic heterocycles. The molecular weight excluding hydrogens is 246 g/mol. The Balaban J connectivity index is 2.02. The van der Waals surface area contributed by atoms with E-state index in [4.69, 9.17) is 5.26 Å². The van der Waals surface area contributed by atoms with Crippen molar-refractivity contribution in [3.05, 3.63) is 57.9 Å². The minimum absolute atomic E-state index is 0.0477. The molecule has 1 N–H and O–H groups in total. The van der Waals surface area contributed by atoms with Gasteiger partial charge in [-0.15, -0.1) is 0 Å². The van der Waals surface area contributed by atoms with E-state index in [1.54, 1.807) is 12.1 Å². The van der Waals surface area contributed by atoms with Crippen LogP contribution in [0.4, 0.5) is 11.6 Å². The van der Waals surface area contributed by atoms with E-state index in [0.29, 0.717) is 12.5 Å². The number of hydrogen-bond acceptors (Lipinski definition) is 6. The lowest BCUT2D eigenvalue weighted by atomic mass is 10.2. The predicted molar refractivity (Wildman–Crippen MR) is 67.2 cm³/mol. The van der Waals surface area contributed by atoms with Crippen LogP contribution in [-0.4, -0.2) is 14.9 Å². The van der Waals surface area contributed by atoms with Gasteiger partial charge < -0.3 is 5.32 Å². The number of nitro benzene ring substituents is 1. The van der Waals surface area contributed by atoms with Crippen LogP contribution in [0.3, 0.4) is 0 Å². The Bertz CT molecular complexity index is 633. The molecule has 0 spiro atoms. The number of anilines is 1. The highest BCUT2D eigenvalue weighted by Crippen LogP contribution is 2.12. The van der Waals surface area contributed by atoms with Crippen LogP contribution < -0.4 is 5.32 Å². The number of nitrogens with zero attached hydrogens (tertiary/aromatic N) is 4. The van der Waals surface area contributed by atoms with E-state index in [1.165, 1.54) is 24.4 Å². The molecule has 0 aliphatic carbocycles. The second kappa shape index (κ2) is 5.55. The predicted octanol–water partition coefficient (Wildman–Crippen LogP) is 1.87. The van der Waals surface area contributed by atoms with Crippen molar-refractivity contribution in [3.8, 4) is 6.07 Å². The molecule has 0 amide bonds. The molecule has 0 saturated carbocycles. The molecule has 2 rings (SSSR count). The van der Waals surface area contributed by atoms with Gasteiger partial charge in [0.05, 0.1) is 4.92 Å². The van der Waals surface area contributed by atoms with Crippen LogP contribution in [0.5, 0.6) is 0 Å². The zero-order valence-corrected chi connectivity index (χ0v) is 9.78. The summed E-state index contributed by atoms with van der Waals surface area (Å²) in [4.78, 5) is 18.0. The fourth-order valence-electron chi connectivity index (χ4n) is 1.42. The summed E-state index contributed by atoms with van der Waals surface area (Å²) in [6.07, 6.45) is 1.49. The zero-order valence-electron chi connectivity index (χ0n) is 9.78. The molecule has 0 unspecified atom stereocenters.